The van der Waals surface area contributed by atoms with Crippen LogP contribution in [0.3, 0.4) is 0 Å². The number of nitrogens with zero attached hydrogens (tertiary/aromatic N) is 1. The smallest absolute Gasteiger partial charge is 0.123 e. The monoisotopic (exact) mass is 242 g/mol. The molecule has 4 heteroatoms. The molecule has 1 aromatic carbocycles. The second-order valence-electron chi connectivity index (χ2n) is 3.94. The van der Waals surface area contributed by atoms with Gasteiger partial charge in [0.05, 0.1) is 7.11 Å². The highest BCUT2D eigenvalue weighted by Gasteiger charge is 2.08. The van der Waals surface area contributed by atoms with Crippen LogP contribution in [0.25, 0.3) is 0 Å². The molecule has 0 radical (unpaired) electrons. The minimum atomic E-state index is 0.651. The third-order valence-corrected chi connectivity index (χ3v) is 2.92. The number of aryl methyl sites for hydroxylation is 1. The summed E-state index contributed by atoms with van der Waals surface area (Å²) in [6, 6.07) is 3.93. The lowest BCUT2D eigenvalue weighted by Gasteiger charge is -2.18. The Labute approximate surface area is 102 Å². The van der Waals surface area contributed by atoms with E-state index in [1.165, 1.54) is 0 Å². The largest absolute Gasteiger partial charge is 0.496 e. The van der Waals surface area contributed by atoms with Crippen molar-refractivity contribution in [2.45, 2.75) is 13.5 Å². The highest BCUT2D eigenvalue weighted by atomic mass is 35.5. The number of likely N-dealkylation sites (N-methyl/N-ethyl adjacent to an activating group) is 1. The fourth-order valence-corrected chi connectivity index (χ4v) is 1.79. The van der Waals surface area contributed by atoms with E-state index in [0.717, 1.165) is 35.0 Å². The summed E-state index contributed by atoms with van der Waals surface area (Å²) < 4.78 is 5.34. The zero-order valence-corrected chi connectivity index (χ0v) is 10.8. The summed E-state index contributed by atoms with van der Waals surface area (Å²) >= 11 is 6.10. The molecule has 1 aromatic rings. The average molecular weight is 243 g/mol. The molecule has 0 amide bonds. The fraction of sp³-hybridized carbons (Fsp3) is 0.500. The van der Waals surface area contributed by atoms with Crippen LogP contribution in [-0.2, 0) is 6.54 Å². The number of hydrogen-bond donors (Lipinski definition) is 1. The van der Waals surface area contributed by atoms with Crippen molar-refractivity contribution in [3.63, 3.8) is 0 Å². The topological polar surface area (TPSA) is 38.5 Å². The first kappa shape index (κ1) is 13.3. The molecule has 1 rings (SSSR count). The zero-order valence-electron chi connectivity index (χ0n) is 10.1. The third kappa shape index (κ3) is 3.37. The Kier molecular flexibility index (Phi) is 5.06. The molecule has 2 N–H and O–H groups in total. The van der Waals surface area contributed by atoms with E-state index in [2.05, 4.69) is 4.90 Å². The Morgan fingerprint density at radius 3 is 2.69 bits per heavy atom. The van der Waals surface area contributed by atoms with E-state index < -0.39 is 0 Å². The fourth-order valence-electron chi connectivity index (χ4n) is 1.60. The molecular formula is C12H19ClN2O. The Morgan fingerprint density at radius 2 is 2.12 bits per heavy atom. The number of hydrogen-bond acceptors (Lipinski definition) is 3. The van der Waals surface area contributed by atoms with Crippen molar-refractivity contribution in [2.24, 2.45) is 5.73 Å². The molecule has 3 nitrogen and oxygen atoms in total. The molecule has 0 aliphatic rings. The van der Waals surface area contributed by atoms with E-state index in [1.807, 2.05) is 26.1 Å². The number of methoxy groups -OCH3 is 1. The van der Waals surface area contributed by atoms with E-state index in [9.17, 15) is 0 Å². The molecule has 0 saturated heterocycles. The maximum Gasteiger partial charge on any atom is 0.123 e. The van der Waals surface area contributed by atoms with E-state index in [-0.39, 0.29) is 0 Å². The van der Waals surface area contributed by atoms with Gasteiger partial charge < -0.3 is 15.4 Å². The molecule has 0 aliphatic heterocycles. The summed E-state index contributed by atoms with van der Waals surface area (Å²) in [5.41, 5.74) is 7.63. The van der Waals surface area contributed by atoms with Crippen LogP contribution in [0.1, 0.15) is 11.1 Å². The van der Waals surface area contributed by atoms with Gasteiger partial charge in [0.15, 0.2) is 0 Å². The molecule has 0 heterocycles. The molecule has 0 atom stereocenters. The predicted molar refractivity (Wildman–Crippen MR) is 68.1 cm³/mol. The van der Waals surface area contributed by atoms with E-state index in [4.69, 9.17) is 22.1 Å². The second-order valence-corrected chi connectivity index (χ2v) is 4.35. The van der Waals surface area contributed by atoms with Crippen LogP contribution >= 0.6 is 11.6 Å². The predicted octanol–water partition coefficient (Wildman–Crippen LogP) is 2.05. The van der Waals surface area contributed by atoms with Crippen LogP contribution < -0.4 is 10.5 Å². The standard InChI is InChI=1S/C12H19ClN2O/c1-9-6-12(16-3)10(7-11(9)13)8-15(2)5-4-14/h6-7H,4-5,8,14H2,1-3H3. The summed E-state index contributed by atoms with van der Waals surface area (Å²) in [6.45, 7) is 4.27. The van der Waals surface area contributed by atoms with Crippen molar-refractivity contribution in [3.05, 3.63) is 28.3 Å². The van der Waals surface area contributed by atoms with Crippen LogP contribution in [0.2, 0.25) is 5.02 Å². The van der Waals surface area contributed by atoms with Gasteiger partial charge in [-0.3, -0.25) is 0 Å². The lowest BCUT2D eigenvalue weighted by Crippen LogP contribution is -2.25. The van der Waals surface area contributed by atoms with Crippen molar-refractivity contribution in [2.75, 3.05) is 27.2 Å². The molecule has 90 valence electrons. The Hall–Kier alpha value is -0.770. The maximum absolute atomic E-state index is 6.10. The van der Waals surface area contributed by atoms with E-state index >= 15 is 0 Å². The Bertz CT molecular complexity index is 355. The Balaban J connectivity index is 2.89. The number of halogens is 1. The van der Waals surface area contributed by atoms with Crippen molar-refractivity contribution < 1.29 is 4.74 Å². The number of benzene rings is 1. The van der Waals surface area contributed by atoms with Crippen molar-refractivity contribution in [1.82, 2.24) is 4.90 Å². The van der Waals surface area contributed by atoms with Gasteiger partial charge in [0.1, 0.15) is 5.75 Å². The summed E-state index contributed by atoms with van der Waals surface area (Å²) in [4.78, 5) is 2.14. The van der Waals surface area contributed by atoms with Gasteiger partial charge in [-0.15, -0.1) is 0 Å². The van der Waals surface area contributed by atoms with E-state index in [1.54, 1.807) is 7.11 Å². The van der Waals surface area contributed by atoms with Gasteiger partial charge in [-0.2, -0.15) is 0 Å². The average Bonchev–Trinajstić information content (AvgIpc) is 2.23. The first-order valence-corrected chi connectivity index (χ1v) is 5.68. The van der Waals surface area contributed by atoms with Gasteiger partial charge >= 0.3 is 0 Å². The van der Waals surface area contributed by atoms with Gasteiger partial charge in [-0.1, -0.05) is 11.6 Å². The summed E-state index contributed by atoms with van der Waals surface area (Å²) in [6.07, 6.45) is 0. The Morgan fingerprint density at radius 1 is 1.44 bits per heavy atom. The maximum atomic E-state index is 6.10. The van der Waals surface area contributed by atoms with Gasteiger partial charge in [-0.05, 0) is 31.7 Å². The van der Waals surface area contributed by atoms with Crippen LogP contribution in [0.5, 0.6) is 5.75 Å². The molecule has 0 aliphatic carbocycles. The molecule has 0 saturated carbocycles. The van der Waals surface area contributed by atoms with Gasteiger partial charge in [0, 0.05) is 30.2 Å². The lowest BCUT2D eigenvalue weighted by molar-refractivity contribution is 0.325. The molecule has 0 unspecified atom stereocenters. The number of rotatable bonds is 5. The summed E-state index contributed by atoms with van der Waals surface area (Å²) in [7, 11) is 3.70. The SMILES string of the molecule is COc1cc(C)c(Cl)cc1CN(C)CCN. The molecular weight excluding hydrogens is 224 g/mol. The highest BCUT2D eigenvalue weighted by molar-refractivity contribution is 6.31. The van der Waals surface area contributed by atoms with Crippen molar-refractivity contribution >= 4 is 11.6 Å². The van der Waals surface area contributed by atoms with Gasteiger partial charge in [-0.25, -0.2) is 0 Å². The van der Waals surface area contributed by atoms with Crippen molar-refractivity contribution in [1.29, 1.82) is 0 Å². The summed E-state index contributed by atoms with van der Waals surface area (Å²) in [5.74, 6) is 0.880. The molecule has 0 fully saturated rings. The van der Waals surface area contributed by atoms with Crippen LogP contribution in [0.4, 0.5) is 0 Å². The van der Waals surface area contributed by atoms with Crippen LogP contribution in [0.15, 0.2) is 12.1 Å². The molecule has 0 aromatic heterocycles. The van der Waals surface area contributed by atoms with Crippen molar-refractivity contribution in [3.8, 4) is 5.75 Å². The molecule has 16 heavy (non-hydrogen) atoms. The lowest BCUT2D eigenvalue weighted by atomic mass is 10.1. The molecule has 0 spiro atoms. The number of nitrogens with two attached hydrogens (primary N) is 1. The minimum Gasteiger partial charge on any atom is -0.496 e. The minimum absolute atomic E-state index is 0.651. The van der Waals surface area contributed by atoms with E-state index in [0.29, 0.717) is 6.54 Å². The zero-order chi connectivity index (χ0) is 12.1. The van der Waals surface area contributed by atoms with Crippen LogP contribution in [0, 0.1) is 6.92 Å². The highest BCUT2D eigenvalue weighted by Crippen LogP contribution is 2.27. The first-order valence-electron chi connectivity index (χ1n) is 5.30. The molecule has 0 bridgehead atoms. The normalized spacial score (nSPS) is 10.9. The second kappa shape index (κ2) is 6.09. The summed E-state index contributed by atoms with van der Waals surface area (Å²) in [5, 5.41) is 0.775. The quantitative estimate of drug-likeness (QED) is 0.859. The first-order chi connectivity index (χ1) is 7.58. The van der Waals surface area contributed by atoms with Gasteiger partial charge in [0.25, 0.3) is 0 Å². The van der Waals surface area contributed by atoms with Crippen LogP contribution in [-0.4, -0.2) is 32.1 Å². The number of ether oxygens (including phenoxy) is 1. The van der Waals surface area contributed by atoms with Gasteiger partial charge in [0.2, 0.25) is 0 Å². The third-order valence-electron chi connectivity index (χ3n) is 2.51.